The van der Waals surface area contributed by atoms with Gasteiger partial charge in [-0.3, -0.25) is 24.2 Å². The van der Waals surface area contributed by atoms with E-state index >= 15 is 0 Å². The third kappa shape index (κ3) is 2.22. The van der Waals surface area contributed by atoms with Crippen molar-refractivity contribution in [2.75, 3.05) is 26.2 Å². The van der Waals surface area contributed by atoms with E-state index < -0.39 is 11.9 Å². The average molecular weight is 423 g/mol. The van der Waals surface area contributed by atoms with Gasteiger partial charge < -0.3 is 9.84 Å². The van der Waals surface area contributed by atoms with Crippen molar-refractivity contribution in [1.29, 1.82) is 0 Å². The van der Waals surface area contributed by atoms with Gasteiger partial charge in [0.2, 0.25) is 0 Å². The Morgan fingerprint density at radius 1 is 1.14 bits per heavy atom. The molecule has 3 fully saturated rings. The van der Waals surface area contributed by atoms with E-state index in [1.54, 1.807) is 0 Å². The third-order valence-corrected chi connectivity index (χ3v) is 8.75. The van der Waals surface area contributed by atoms with Crippen LogP contribution in [0.2, 0.25) is 0 Å². The molecule has 5 aliphatic rings. The average Bonchev–Trinajstić information content (AvgIpc) is 3.20. The van der Waals surface area contributed by atoms with E-state index in [1.165, 1.54) is 23.5 Å². The maximum absolute atomic E-state index is 13.3. The number of thioether (sulfide) groups is 2. The molecule has 0 aromatic heterocycles. The van der Waals surface area contributed by atoms with E-state index in [9.17, 15) is 19.5 Å². The van der Waals surface area contributed by atoms with E-state index in [1.807, 2.05) is 19.6 Å². The molecule has 150 valence electrons. The van der Waals surface area contributed by atoms with Crippen molar-refractivity contribution in [3.8, 4) is 0 Å². The Labute approximate surface area is 171 Å². The first-order valence-corrected chi connectivity index (χ1v) is 11.8. The Hall–Kier alpha value is -1.13. The lowest BCUT2D eigenvalue weighted by Gasteiger charge is -2.52. The van der Waals surface area contributed by atoms with Gasteiger partial charge in [0.15, 0.2) is 11.6 Å². The zero-order valence-electron chi connectivity index (χ0n) is 15.9. The Bertz CT molecular complexity index is 868. The molecule has 0 spiro atoms. The Morgan fingerprint density at radius 3 is 2.46 bits per heavy atom. The lowest BCUT2D eigenvalue weighted by molar-refractivity contribution is -0.144. The molecular formula is C19H22N2O5S2. The van der Waals surface area contributed by atoms with Crippen LogP contribution in [0.5, 0.6) is 0 Å². The Morgan fingerprint density at radius 2 is 1.82 bits per heavy atom. The van der Waals surface area contributed by atoms with E-state index in [2.05, 4.69) is 9.80 Å². The van der Waals surface area contributed by atoms with E-state index in [-0.39, 0.29) is 42.0 Å². The summed E-state index contributed by atoms with van der Waals surface area (Å²) in [5, 5.41) is 9.78. The predicted molar refractivity (Wildman–Crippen MR) is 106 cm³/mol. The van der Waals surface area contributed by atoms with Crippen LogP contribution in [0.1, 0.15) is 12.8 Å². The van der Waals surface area contributed by atoms with E-state index in [4.69, 9.17) is 4.74 Å². The number of carboxylic acid groups (broad SMARTS) is 1. The second kappa shape index (κ2) is 6.43. The number of carbonyl (C=O) groups is 3. The fourth-order valence-corrected chi connectivity index (χ4v) is 7.60. The van der Waals surface area contributed by atoms with Crippen LogP contribution >= 0.6 is 23.5 Å². The van der Waals surface area contributed by atoms with Gasteiger partial charge >= 0.3 is 5.97 Å². The lowest BCUT2D eigenvalue weighted by Crippen LogP contribution is -2.66. The maximum atomic E-state index is 13.3. The monoisotopic (exact) mass is 422 g/mol. The third-order valence-electron chi connectivity index (χ3n) is 7.02. The van der Waals surface area contributed by atoms with Gasteiger partial charge in [0.05, 0.1) is 34.4 Å². The number of piperazine rings is 1. The van der Waals surface area contributed by atoms with Gasteiger partial charge in [-0.2, -0.15) is 0 Å². The van der Waals surface area contributed by atoms with Crippen LogP contribution in [0, 0.1) is 5.92 Å². The molecule has 5 rings (SSSR count). The van der Waals surface area contributed by atoms with Crippen molar-refractivity contribution in [2.45, 2.75) is 43.2 Å². The number of hydrogen-bond donors (Lipinski definition) is 1. The number of carbonyl (C=O) groups excluding carboxylic acids is 2. The van der Waals surface area contributed by atoms with Crippen LogP contribution in [-0.2, 0) is 19.1 Å². The Kier molecular flexibility index (Phi) is 4.34. The first kappa shape index (κ1) is 18.9. The normalized spacial score (nSPS) is 40.2. The fraction of sp³-hybridized carbons (Fsp3) is 0.632. The summed E-state index contributed by atoms with van der Waals surface area (Å²) in [4.78, 5) is 43.9. The number of aliphatic carboxylic acids is 1. The summed E-state index contributed by atoms with van der Waals surface area (Å²) >= 11 is 2.65. The van der Waals surface area contributed by atoms with Gasteiger partial charge in [-0.05, 0) is 32.4 Å². The van der Waals surface area contributed by atoms with Crippen LogP contribution in [-0.4, -0.2) is 89.0 Å². The van der Waals surface area contributed by atoms with Gasteiger partial charge in [-0.25, -0.2) is 0 Å². The number of rotatable bonds is 3. The van der Waals surface area contributed by atoms with Crippen molar-refractivity contribution in [3.05, 3.63) is 21.0 Å². The molecule has 7 nitrogen and oxygen atoms in total. The van der Waals surface area contributed by atoms with Gasteiger partial charge in [0.1, 0.15) is 6.23 Å². The van der Waals surface area contributed by atoms with Crippen molar-refractivity contribution in [2.24, 2.45) is 5.92 Å². The molecule has 1 aliphatic carbocycles. The molecule has 0 aromatic rings. The zero-order chi connectivity index (χ0) is 19.9. The number of fused-ring (bicyclic) bond motifs is 5. The summed E-state index contributed by atoms with van der Waals surface area (Å²) in [5.74, 6) is -1.40. The molecule has 6 atom stereocenters. The molecule has 0 unspecified atom stereocenters. The number of carboxylic acids is 1. The number of nitrogens with zero attached hydrogens (tertiary/aromatic N) is 2. The molecule has 9 heteroatoms. The molecule has 0 saturated carbocycles. The number of ketones is 2. The Balaban J connectivity index is 1.62. The van der Waals surface area contributed by atoms with Crippen LogP contribution in [0.25, 0.3) is 0 Å². The van der Waals surface area contributed by atoms with E-state index in [0.717, 1.165) is 0 Å². The first-order chi connectivity index (χ1) is 13.4. The van der Waals surface area contributed by atoms with Crippen molar-refractivity contribution >= 4 is 41.1 Å². The molecule has 2 bridgehead atoms. The van der Waals surface area contributed by atoms with Gasteiger partial charge in [-0.15, -0.1) is 23.5 Å². The van der Waals surface area contributed by atoms with Crippen LogP contribution < -0.4 is 0 Å². The molecular weight excluding hydrogens is 400 g/mol. The summed E-state index contributed by atoms with van der Waals surface area (Å²) in [5.41, 5.74) is 1.16. The van der Waals surface area contributed by atoms with Gasteiger partial charge in [0.25, 0.3) is 0 Å². The highest BCUT2D eigenvalue weighted by Gasteiger charge is 2.63. The number of ether oxygens (including phenoxy) is 1. The van der Waals surface area contributed by atoms with Crippen LogP contribution in [0.4, 0.5) is 0 Å². The van der Waals surface area contributed by atoms with Gasteiger partial charge in [0, 0.05) is 23.2 Å². The molecule has 3 saturated heterocycles. The quantitative estimate of drug-likeness (QED) is 0.668. The van der Waals surface area contributed by atoms with Crippen molar-refractivity contribution in [3.63, 3.8) is 0 Å². The predicted octanol–water partition coefficient (Wildman–Crippen LogP) is 0.959. The van der Waals surface area contributed by atoms with Crippen LogP contribution in [0.3, 0.4) is 0 Å². The largest absolute Gasteiger partial charge is 0.481 e. The molecule has 1 N–H and O–H groups in total. The molecule has 0 aromatic carbocycles. The van der Waals surface area contributed by atoms with Crippen LogP contribution in [0.15, 0.2) is 21.0 Å². The lowest BCUT2D eigenvalue weighted by atomic mass is 9.77. The summed E-state index contributed by atoms with van der Waals surface area (Å²) < 4.78 is 6.12. The summed E-state index contributed by atoms with van der Waals surface area (Å²) in [7, 11) is 1.96. The van der Waals surface area contributed by atoms with Crippen molar-refractivity contribution < 1.29 is 24.2 Å². The number of Topliss-reactive ketones (excluding diaryl/α,β-unsaturated/α-hetero) is 2. The summed E-state index contributed by atoms with van der Waals surface area (Å²) in [6.45, 7) is 0.379. The highest BCUT2D eigenvalue weighted by atomic mass is 32.2. The second-order valence-electron chi connectivity index (χ2n) is 7.98. The minimum Gasteiger partial charge on any atom is -0.481 e. The molecule has 0 radical (unpaired) electrons. The zero-order valence-corrected chi connectivity index (χ0v) is 17.5. The number of hydrogen-bond acceptors (Lipinski definition) is 8. The summed E-state index contributed by atoms with van der Waals surface area (Å²) in [6, 6.07) is -0.562. The molecule has 0 amide bonds. The second-order valence-corrected chi connectivity index (χ2v) is 9.61. The fourth-order valence-electron chi connectivity index (χ4n) is 5.94. The summed E-state index contributed by atoms with van der Waals surface area (Å²) in [6.07, 6.45) is 4.38. The van der Waals surface area contributed by atoms with Gasteiger partial charge in [-0.1, -0.05) is 0 Å². The van der Waals surface area contributed by atoms with Crippen molar-refractivity contribution in [1.82, 2.24) is 9.80 Å². The standard InChI is InChI=1S/C19H22N2O5S2/c1-20-10-5-8(19(24)25)13(20)9-4-7-12(11-6-26-18(10)21(9)11)15(23)17(28-3)16(27-2)14(7)22/h8-11,13,18H,4-6H2,1-3H3,(H,24,25)/t8-,9+,10+,11+,13-,18-/m1/s1. The van der Waals surface area contributed by atoms with E-state index in [0.29, 0.717) is 40.4 Å². The first-order valence-electron chi connectivity index (χ1n) is 9.39. The molecule has 28 heavy (non-hydrogen) atoms. The minimum atomic E-state index is -0.794. The topological polar surface area (TPSA) is 87.2 Å². The number of likely N-dealkylation sites (N-methyl/N-ethyl adjacent to an activating group) is 1. The highest BCUT2D eigenvalue weighted by molar-refractivity contribution is 8.07. The minimum absolute atomic E-state index is 0.00113. The number of allylic oxidation sites excluding steroid dienone is 2. The maximum Gasteiger partial charge on any atom is 0.308 e. The molecule has 4 aliphatic heterocycles. The highest BCUT2D eigenvalue weighted by Crippen LogP contribution is 2.51. The molecule has 4 heterocycles. The SMILES string of the molecule is CSC1=C(SC)C(=O)C2=C(C[C@H]3[C@H]4[C@H](C(=O)O)C[C@@H]([C@H]5OC[C@@H]2N53)N4C)C1=O. The smallest absolute Gasteiger partial charge is 0.308 e.